The second-order valence-electron chi connectivity index (χ2n) is 12.0. The maximum atomic E-state index is 10.4. The molecule has 7 aromatic carbocycles. The molecule has 10 rings (SSSR count). The standard InChI is InChI=1S/C43H25N3O/c44-26-28-25-30(46-39-15-7-3-12-36(39)42-40(46)24-23-35-34-11-4-8-16-41(34)47-43(35)42)21-22-31(28)27-17-19-29(20-18-27)45-37-13-5-1-9-32(37)33-10-2-6-14-38(33)45/h1-25H. The van der Waals surface area contributed by atoms with Crippen LogP contribution < -0.4 is 0 Å². The Bertz CT molecular complexity index is 2860. The van der Waals surface area contributed by atoms with Gasteiger partial charge in [-0.05, 0) is 71.8 Å². The van der Waals surface area contributed by atoms with E-state index >= 15 is 0 Å². The van der Waals surface area contributed by atoms with Gasteiger partial charge in [0.15, 0.2) is 0 Å². The Morgan fingerprint density at radius 3 is 1.74 bits per heavy atom. The molecule has 47 heavy (non-hydrogen) atoms. The van der Waals surface area contributed by atoms with E-state index in [1.807, 2.05) is 24.3 Å². The molecule has 0 unspecified atom stereocenters. The van der Waals surface area contributed by atoms with Gasteiger partial charge in [-0.25, -0.2) is 0 Å². The van der Waals surface area contributed by atoms with E-state index in [-0.39, 0.29) is 0 Å². The van der Waals surface area contributed by atoms with Crippen molar-refractivity contribution < 1.29 is 4.42 Å². The largest absolute Gasteiger partial charge is 0.455 e. The molecular formula is C43H25N3O. The van der Waals surface area contributed by atoms with E-state index in [2.05, 4.69) is 143 Å². The maximum Gasteiger partial charge on any atom is 0.145 e. The van der Waals surface area contributed by atoms with Crippen LogP contribution in [0.4, 0.5) is 0 Å². The number of nitriles is 1. The fourth-order valence-electron chi connectivity index (χ4n) is 7.52. The van der Waals surface area contributed by atoms with Gasteiger partial charge in [0.1, 0.15) is 11.2 Å². The number of benzene rings is 7. The lowest BCUT2D eigenvalue weighted by Gasteiger charge is -2.12. The predicted octanol–water partition coefficient (Wildman–Crippen LogP) is 11.3. The van der Waals surface area contributed by atoms with Crippen LogP contribution in [0, 0.1) is 11.3 Å². The van der Waals surface area contributed by atoms with E-state index in [1.54, 1.807) is 0 Å². The SMILES string of the molecule is N#Cc1cc(-n2c3ccccc3c3c4oc5ccccc5c4ccc32)ccc1-c1ccc(-n2c3ccccc3c3ccccc32)cc1. The van der Waals surface area contributed by atoms with Gasteiger partial charge in [-0.15, -0.1) is 0 Å². The average Bonchev–Trinajstić information content (AvgIpc) is 3.79. The molecule has 0 aliphatic heterocycles. The number of para-hydroxylation sites is 4. The minimum absolute atomic E-state index is 0.628. The summed E-state index contributed by atoms with van der Waals surface area (Å²) in [5, 5.41) is 17.3. The van der Waals surface area contributed by atoms with Gasteiger partial charge >= 0.3 is 0 Å². The van der Waals surface area contributed by atoms with E-state index in [1.165, 1.54) is 21.8 Å². The van der Waals surface area contributed by atoms with Gasteiger partial charge in [-0.2, -0.15) is 5.26 Å². The van der Waals surface area contributed by atoms with Crippen LogP contribution in [0.1, 0.15) is 5.56 Å². The second kappa shape index (κ2) is 9.71. The molecule has 3 aromatic heterocycles. The van der Waals surface area contributed by atoms with Gasteiger partial charge in [0.05, 0.1) is 39.1 Å². The van der Waals surface area contributed by atoms with Crippen molar-refractivity contribution in [2.24, 2.45) is 0 Å². The Balaban J connectivity index is 1.12. The Labute approximate surface area is 269 Å². The first-order valence-corrected chi connectivity index (χ1v) is 15.8. The minimum atomic E-state index is 0.628. The van der Waals surface area contributed by atoms with Crippen molar-refractivity contribution in [2.75, 3.05) is 0 Å². The van der Waals surface area contributed by atoms with Crippen LogP contribution in [0.25, 0.3) is 88.1 Å². The van der Waals surface area contributed by atoms with Crippen LogP contribution >= 0.6 is 0 Å². The molecule has 4 heteroatoms. The van der Waals surface area contributed by atoms with Gasteiger partial charge in [0.2, 0.25) is 0 Å². The fraction of sp³-hybridized carbons (Fsp3) is 0. The quantitative estimate of drug-likeness (QED) is 0.203. The third-order valence-electron chi connectivity index (χ3n) is 9.58. The highest BCUT2D eigenvalue weighted by molar-refractivity contribution is 6.23. The molecule has 0 aliphatic rings. The Morgan fingerprint density at radius 2 is 1.04 bits per heavy atom. The molecule has 10 aromatic rings. The first-order valence-electron chi connectivity index (χ1n) is 15.8. The van der Waals surface area contributed by atoms with Crippen LogP contribution in [-0.4, -0.2) is 9.13 Å². The summed E-state index contributed by atoms with van der Waals surface area (Å²) in [6, 6.07) is 55.2. The first-order chi connectivity index (χ1) is 23.3. The topological polar surface area (TPSA) is 46.8 Å². The number of rotatable bonds is 3. The number of furan rings is 1. The van der Waals surface area contributed by atoms with Gasteiger partial charge < -0.3 is 13.6 Å². The van der Waals surface area contributed by atoms with Gasteiger partial charge in [0, 0.05) is 38.3 Å². The number of nitrogens with zero attached hydrogens (tertiary/aromatic N) is 3. The summed E-state index contributed by atoms with van der Waals surface area (Å²) in [6.07, 6.45) is 0. The normalized spacial score (nSPS) is 11.8. The third-order valence-corrected chi connectivity index (χ3v) is 9.58. The molecule has 3 heterocycles. The van der Waals surface area contributed by atoms with Crippen molar-refractivity contribution >= 4 is 65.6 Å². The minimum Gasteiger partial charge on any atom is -0.455 e. The molecule has 0 saturated heterocycles. The molecule has 0 aliphatic carbocycles. The van der Waals surface area contributed by atoms with Crippen LogP contribution in [-0.2, 0) is 0 Å². The number of hydrogen-bond donors (Lipinski definition) is 0. The van der Waals surface area contributed by atoms with Gasteiger partial charge in [0.25, 0.3) is 0 Å². The average molecular weight is 600 g/mol. The summed E-state index contributed by atoms with van der Waals surface area (Å²) in [7, 11) is 0. The van der Waals surface area contributed by atoms with Gasteiger partial charge in [-0.3, -0.25) is 0 Å². The highest BCUT2D eigenvalue weighted by atomic mass is 16.3. The molecule has 218 valence electrons. The van der Waals surface area contributed by atoms with E-state index in [9.17, 15) is 5.26 Å². The summed E-state index contributed by atoms with van der Waals surface area (Å²) in [5.74, 6) is 0. The molecule has 4 nitrogen and oxygen atoms in total. The molecule has 0 atom stereocenters. The lowest BCUT2D eigenvalue weighted by atomic mass is 9.99. The van der Waals surface area contributed by atoms with Crippen molar-refractivity contribution in [1.29, 1.82) is 5.26 Å². The zero-order valence-electron chi connectivity index (χ0n) is 25.2. The van der Waals surface area contributed by atoms with Crippen LogP contribution in [0.2, 0.25) is 0 Å². The predicted molar refractivity (Wildman–Crippen MR) is 193 cm³/mol. The van der Waals surface area contributed by atoms with Crippen molar-refractivity contribution in [1.82, 2.24) is 9.13 Å². The summed E-state index contributed by atoms with van der Waals surface area (Å²) < 4.78 is 11.0. The van der Waals surface area contributed by atoms with Crippen molar-refractivity contribution in [3.63, 3.8) is 0 Å². The lowest BCUT2D eigenvalue weighted by Crippen LogP contribution is -1.96. The summed E-state index contributed by atoms with van der Waals surface area (Å²) in [5.41, 5.74) is 10.8. The molecule has 0 spiro atoms. The van der Waals surface area contributed by atoms with Crippen molar-refractivity contribution in [3.8, 4) is 28.6 Å². The molecular weight excluding hydrogens is 574 g/mol. The van der Waals surface area contributed by atoms with Crippen LogP contribution in [0.15, 0.2) is 156 Å². The van der Waals surface area contributed by atoms with E-state index in [0.29, 0.717) is 5.56 Å². The summed E-state index contributed by atoms with van der Waals surface area (Å²) in [4.78, 5) is 0. The third kappa shape index (κ3) is 3.63. The van der Waals surface area contributed by atoms with Crippen LogP contribution in [0.5, 0.6) is 0 Å². The highest BCUT2D eigenvalue weighted by Gasteiger charge is 2.19. The molecule has 0 amide bonds. The summed E-state index contributed by atoms with van der Waals surface area (Å²) in [6.45, 7) is 0. The monoisotopic (exact) mass is 599 g/mol. The Morgan fingerprint density at radius 1 is 0.468 bits per heavy atom. The molecule has 0 N–H and O–H groups in total. The zero-order valence-corrected chi connectivity index (χ0v) is 25.2. The van der Waals surface area contributed by atoms with Crippen molar-refractivity contribution in [3.05, 3.63) is 157 Å². The van der Waals surface area contributed by atoms with Crippen molar-refractivity contribution in [2.45, 2.75) is 0 Å². The van der Waals surface area contributed by atoms with E-state index in [0.717, 1.165) is 66.2 Å². The first kappa shape index (κ1) is 25.7. The number of hydrogen-bond acceptors (Lipinski definition) is 2. The van der Waals surface area contributed by atoms with Gasteiger partial charge in [-0.1, -0.05) is 91.0 Å². The smallest absolute Gasteiger partial charge is 0.145 e. The highest BCUT2D eigenvalue weighted by Crippen LogP contribution is 2.41. The fourth-order valence-corrected chi connectivity index (χ4v) is 7.52. The molecule has 0 radical (unpaired) electrons. The molecule has 0 fully saturated rings. The van der Waals surface area contributed by atoms with Crippen LogP contribution in [0.3, 0.4) is 0 Å². The number of aromatic nitrogens is 2. The zero-order chi connectivity index (χ0) is 31.1. The Hall–Kier alpha value is -6.57. The number of fused-ring (bicyclic) bond motifs is 10. The summed E-state index contributed by atoms with van der Waals surface area (Å²) >= 11 is 0. The maximum absolute atomic E-state index is 10.4. The molecule has 0 bridgehead atoms. The molecule has 0 saturated carbocycles. The van der Waals surface area contributed by atoms with E-state index in [4.69, 9.17) is 4.42 Å². The lowest BCUT2D eigenvalue weighted by molar-refractivity contribution is 0.673. The second-order valence-corrected chi connectivity index (χ2v) is 12.0. The Kier molecular flexibility index (Phi) is 5.32. The van der Waals surface area contributed by atoms with E-state index < -0.39 is 0 Å².